The molecule has 8 heteroatoms. The molecule has 6 rings (SSSR count). The number of carbonyl (C=O) groups excluding carboxylic acids is 1. The molecule has 3 aliphatic rings. The van der Waals surface area contributed by atoms with E-state index in [0.717, 1.165) is 93.1 Å². The van der Waals surface area contributed by atoms with E-state index in [1.807, 2.05) is 23.4 Å². The summed E-state index contributed by atoms with van der Waals surface area (Å²) in [7, 11) is 0. The fourth-order valence-electron chi connectivity index (χ4n) is 5.55. The van der Waals surface area contributed by atoms with Crippen molar-refractivity contribution in [2.75, 3.05) is 31.1 Å². The summed E-state index contributed by atoms with van der Waals surface area (Å²) in [6.07, 6.45) is 10.2. The van der Waals surface area contributed by atoms with Gasteiger partial charge in [-0.3, -0.25) is 4.79 Å². The number of rotatable bonds is 5. The number of piperidine rings is 1. The highest BCUT2D eigenvalue weighted by molar-refractivity contribution is 5.80. The van der Waals surface area contributed by atoms with E-state index in [2.05, 4.69) is 28.1 Å². The van der Waals surface area contributed by atoms with E-state index in [0.29, 0.717) is 5.91 Å². The highest BCUT2D eigenvalue weighted by Crippen LogP contribution is 2.52. The van der Waals surface area contributed by atoms with Crippen LogP contribution in [0.25, 0.3) is 11.2 Å². The molecule has 3 aromatic rings. The van der Waals surface area contributed by atoms with E-state index >= 15 is 0 Å². The number of likely N-dealkylation sites (tertiary alicyclic amines) is 1. The number of aromatic amines is 1. The van der Waals surface area contributed by atoms with Gasteiger partial charge in [0.25, 0.3) is 0 Å². The van der Waals surface area contributed by atoms with E-state index in [9.17, 15) is 9.90 Å². The van der Waals surface area contributed by atoms with Gasteiger partial charge in [0.2, 0.25) is 12.6 Å². The van der Waals surface area contributed by atoms with E-state index in [4.69, 9.17) is 9.97 Å². The van der Waals surface area contributed by atoms with Crippen LogP contribution in [0.2, 0.25) is 0 Å². The van der Waals surface area contributed by atoms with Gasteiger partial charge in [0.1, 0.15) is 11.6 Å². The third-order valence-corrected chi connectivity index (χ3v) is 7.62. The number of carbonyl (C=O) groups is 1. The molecular weight excluding hydrogens is 416 g/mol. The van der Waals surface area contributed by atoms with Crippen LogP contribution < -0.4 is 9.47 Å². The summed E-state index contributed by atoms with van der Waals surface area (Å²) in [6.45, 7) is 3.45. The van der Waals surface area contributed by atoms with E-state index < -0.39 is 0 Å². The van der Waals surface area contributed by atoms with Crippen molar-refractivity contribution in [3.63, 3.8) is 0 Å². The monoisotopic (exact) mass is 447 g/mol. The normalized spacial score (nSPS) is 22.2. The molecular formula is C25H31N6O2+. The van der Waals surface area contributed by atoms with Crippen molar-refractivity contribution in [2.24, 2.45) is 5.92 Å². The summed E-state index contributed by atoms with van der Waals surface area (Å²) in [5.41, 5.74) is 2.70. The van der Waals surface area contributed by atoms with Gasteiger partial charge in [0.15, 0.2) is 18.0 Å². The number of aliphatic hydroxyl groups is 1. The number of fused-ring (bicyclic) bond motifs is 1. The van der Waals surface area contributed by atoms with Crippen LogP contribution >= 0.6 is 0 Å². The lowest BCUT2D eigenvalue weighted by atomic mass is 9.96. The van der Waals surface area contributed by atoms with Gasteiger partial charge >= 0.3 is 0 Å². The minimum absolute atomic E-state index is 0.0357. The molecule has 3 aromatic heterocycles. The molecule has 0 unspecified atom stereocenters. The minimum Gasteiger partial charge on any atom is -0.356 e. The molecule has 2 saturated heterocycles. The Morgan fingerprint density at radius 1 is 1.15 bits per heavy atom. The second-order valence-electron chi connectivity index (χ2n) is 9.77. The largest absolute Gasteiger partial charge is 0.356 e. The third kappa shape index (κ3) is 3.66. The molecule has 0 spiro atoms. The third-order valence-electron chi connectivity index (χ3n) is 7.62. The molecule has 5 heterocycles. The van der Waals surface area contributed by atoms with Crippen molar-refractivity contribution in [3.8, 4) is 0 Å². The summed E-state index contributed by atoms with van der Waals surface area (Å²) in [5.74, 6) is 2.23. The lowest BCUT2D eigenvalue weighted by Crippen LogP contribution is -2.44. The molecule has 172 valence electrons. The number of amides is 1. The Morgan fingerprint density at radius 3 is 2.79 bits per heavy atom. The maximum atomic E-state index is 12.9. The van der Waals surface area contributed by atoms with Gasteiger partial charge in [0.05, 0.1) is 16.8 Å². The van der Waals surface area contributed by atoms with Crippen LogP contribution in [0.4, 0.5) is 5.82 Å². The van der Waals surface area contributed by atoms with Crippen molar-refractivity contribution in [3.05, 3.63) is 48.0 Å². The van der Waals surface area contributed by atoms with Gasteiger partial charge in [-0.2, -0.15) is 4.57 Å². The predicted octanol–water partition coefficient (Wildman–Crippen LogP) is 2.11. The fourth-order valence-corrected chi connectivity index (χ4v) is 5.55. The molecule has 1 aliphatic carbocycles. The smallest absolute Gasteiger partial charge is 0.250 e. The number of aliphatic hydroxyl groups excluding tert-OH is 1. The highest BCUT2D eigenvalue weighted by atomic mass is 16.3. The highest BCUT2D eigenvalue weighted by Gasteiger charge is 2.50. The first kappa shape index (κ1) is 20.6. The zero-order valence-electron chi connectivity index (χ0n) is 18.9. The van der Waals surface area contributed by atoms with Gasteiger partial charge in [-0.1, -0.05) is 0 Å². The Bertz CT molecular complexity index is 1180. The van der Waals surface area contributed by atoms with Crippen LogP contribution in [0.1, 0.15) is 49.9 Å². The number of nitrogens with zero attached hydrogens (tertiary/aromatic N) is 5. The molecule has 1 saturated carbocycles. The van der Waals surface area contributed by atoms with E-state index in [1.165, 1.54) is 0 Å². The number of hydrogen-bond acceptors (Lipinski definition) is 5. The van der Waals surface area contributed by atoms with Gasteiger partial charge in [-0.05, 0) is 56.7 Å². The topological polar surface area (TPSA) is 89.2 Å². The number of H-pyrrole nitrogens is 1. The molecule has 1 atom stereocenters. The van der Waals surface area contributed by atoms with Crippen LogP contribution in [0.3, 0.4) is 0 Å². The Balaban J connectivity index is 1.25. The second kappa shape index (κ2) is 8.09. The number of imidazole rings is 1. The summed E-state index contributed by atoms with van der Waals surface area (Å²) in [5, 5.41) is 9.50. The fraction of sp³-hybridized carbons (Fsp3) is 0.520. The molecule has 2 N–H and O–H groups in total. The van der Waals surface area contributed by atoms with Crippen molar-refractivity contribution in [2.45, 2.75) is 50.7 Å². The first-order valence-corrected chi connectivity index (χ1v) is 12.2. The van der Waals surface area contributed by atoms with Crippen molar-refractivity contribution >= 4 is 22.9 Å². The molecule has 0 bridgehead atoms. The zero-order valence-corrected chi connectivity index (χ0v) is 18.9. The average molecular weight is 448 g/mol. The van der Waals surface area contributed by atoms with E-state index in [1.54, 1.807) is 4.57 Å². The minimum atomic E-state index is -0.128. The van der Waals surface area contributed by atoms with Gasteiger partial charge in [-0.15, -0.1) is 0 Å². The van der Waals surface area contributed by atoms with Gasteiger partial charge in [0, 0.05) is 37.8 Å². The summed E-state index contributed by atoms with van der Waals surface area (Å²) < 4.78 is 1.78. The second-order valence-corrected chi connectivity index (χ2v) is 9.77. The Labute approximate surface area is 193 Å². The Morgan fingerprint density at radius 2 is 2.00 bits per heavy atom. The number of nitrogens with one attached hydrogen (secondary N) is 1. The molecule has 33 heavy (non-hydrogen) atoms. The maximum absolute atomic E-state index is 12.9. The Kier molecular flexibility index (Phi) is 5.05. The molecule has 1 amide bonds. The van der Waals surface area contributed by atoms with Crippen LogP contribution in [0.15, 0.2) is 36.7 Å². The lowest BCUT2D eigenvalue weighted by Gasteiger charge is -2.34. The van der Waals surface area contributed by atoms with Crippen LogP contribution in [0, 0.1) is 5.92 Å². The summed E-state index contributed by atoms with van der Waals surface area (Å²) >= 11 is 0. The lowest BCUT2D eigenvalue weighted by molar-refractivity contribution is -0.730. The first-order chi connectivity index (χ1) is 16.2. The standard InChI is InChI=1S/C25H31N6O2/c32-17-29-11-4-6-19(16-29)25(9-10-25)24-26-20-7-8-21(27-22(20)28-24)31-14-3-5-18(15-31)23(33)30-12-1-2-13-30/h4,6-8,11,16,18,32H,1-3,5,9-10,12-15,17H2,(H,26,27,28)/q+1/t18-/m1/s1. The maximum Gasteiger partial charge on any atom is 0.250 e. The van der Waals surface area contributed by atoms with Crippen molar-refractivity contribution in [1.82, 2.24) is 19.9 Å². The molecule has 0 aromatic carbocycles. The summed E-state index contributed by atoms with van der Waals surface area (Å²) in [4.78, 5) is 30.5. The van der Waals surface area contributed by atoms with Crippen LogP contribution in [-0.2, 0) is 16.9 Å². The van der Waals surface area contributed by atoms with E-state index in [-0.39, 0.29) is 18.1 Å². The van der Waals surface area contributed by atoms with Crippen molar-refractivity contribution < 1.29 is 14.5 Å². The molecule has 8 nitrogen and oxygen atoms in total. The Hall–Kier alpha value is -3.00. The predicted molar refractivity (Wildman–Crippen MR) is 124 cm³/mol. The van der Waals surface area contributed by atoms with Crippen LogP contribution in [0.5, 0.6) is 0 Å². The quantitative estimate of drug-likeness (QED) is 0.585. The summed E-state index contributed by atoms with van der Waals surface area (Å²) in [6, 6.07) is 8.20. The first-order valence-electron chi connectivity index (χ1n) is 12.2. The van der Waals surface area contributed by atoms with Crippen LogP contribution in [-0.4, -0.2) is 57.0 Å². The molecule has 2 aliphatic heterocycles. The average Bonchev–Trinajstić information content (AvgIpc) is 3.28. The van der Waals surface area contributed by atoms with Gasteiger partial charge < -0.3 is 19.9 Å². The SMILES string of the molecule is O=C([C@@H]1CCCN(c2ccc3[nH]c(C4(c5ccc[n+](CO)c5)CC4)nc3n2)C1)N1CCCC1. The number of aromatic nitrogens is 4. The number of anilines is 1. The van der Waals surface area contributed by atoms with Gasteiger partial charge in [-0.25, -0.2) is 9.97 Å². The number of pyridine rings is 2. The van der Waals surface area contributed by atoms with Crippen molar-refractivity contribution in [1.29, 1.82) is 0 Å². The molecule has 0 radical (unpaired) electrons. The molecule has 3 fully saturated rings. The zero-order chi connectivity index (χ0) is 22.4. The number of hydrogen-bond donors (Lipinski definition) is 2.